The highest BCUT2D eigenvalue weighted by atomic mass is 35.5. The molecule has 0 aliphatic carbocycles. The molecule has 1 fully saturated rings. The van der Waals surface area contributed by atoms with Crippen LogP contribution in [0.4, 0.5) is 11.4 Å². The molecule has 150 valence electrons. The summed E-state index contributed by atoms with van der Waals surface area (Å²) in [6.45, 7) is 11.0. The van der Waals surface area contributed by atoms with Gasteiger partial charge in [0.05, 0.1) is 0 Å². The summed E-state index contributed by atoms with van der Waals surface area (Å²) in [5.74, 6) is 0.401. The number of likely N-dealkylation sites (N-methyl/N-ethyl adjacent to an activating group) is 1. The molecule has 0 spiro atoms. The monoisotopic (exact) mass is 401 g/mol. The summed E-state index contributed by atoms with van der Waals surface area (Å²) in [4.78, 5) is 17.5. The zero-order valence-corrected chi connectivity index (χ0v) is 17.5. The molecule has 0 unspecified atom stereocenters. The van der Waals surface area contributed by atoms with Crippen molar-refractivity contribution in [1.82, 2.24) is 4.90 Å². The number of rotatable bonds is 6. The van der Waals surface area contributed by atoms with Gasteiger partial charge in [0.25, 0.3) is 5.91 Å². The van der Waals surface area contributed by atoms with E-state index < -0.39 is 5.60 Å². The number of amides is 1. The first-order valence-electron chi connectivity index (χ1n) is 9.71. The number of anilines is 2. The average Bonchev–Trinajstić information content (AvgIpc) is 2.70. The topological polar surface area (TPSA) is 44.8 Å². The Labute approximate surface area is 172 Å². The Hall–Kier alpha value is -2.24. The van der Waals surface area contributed by atoms with Gasteiger partial charge in [-0.2, -0.15) is 0 Å². The molecule has 28 heavy (non-hydrogen) atoms. The Morgan fingerprint density at radius 2 is 1.64 bits per heavy atom. The lowest BCUT2D eigenvalue weighted by Crippen LogP contribution is -2.46. The van der Waals surface area contributed by atoms with Gasteiger partial charge in [-0.15, -0.1) is 0 Å². The molecule has 2 aromatic carbocycles. The molecule has 1 aliphatic heterocycles. The molecule has 0 aromatic heterocycles. The molecule has 1 aliphatic rings. The number of nitrogens with zero attached hydrogens (tertiary/aromatic N) is 2. The fourth-order valence-corrected chi connectivity index (χ4v) is 3.33. The Kier molecular flexibility index (Phi) is 6.47. The Balaban J connectivity index is 1.58. The number of ether oxygens (including phenoxy) is 1. The number of hydrogen-bond donors (Lipinski definition) is 1. The number of hydrogen-bond acceptors (Lipinski definition) is 4. The van der Waals surface area contributed by atoms with E-state index in [9.17, 15) is 4.79 Å². The summed E-state index contributed by atoms with van der Waals surface area (Å²) >= 11 is 5.90. The van der Waals surface area contributed by atoms with E-state index in [1.165, 1.54) is 5.69 Å². The van der Waals surface area contributed by atoms with Crippen LogP contribution in [0.3, 0.4) is 0 Å². The van der Waals surface area contributed by atoms with Crippen LogP contribution in [0.15, 0.2) is 48.5 Å². The first kappa shape index (κ1) is 20.5. The van der Waals surface area contributed by atoms with Crippen LogP contribution in [-0.2, 0) is 4.79 Å². The van der Waals surface area contributed by atoms with Gasteiger partial charge in [-0.3, -0.25) is 4.79 Å². The third-order valence-electron chi connectivity index (χ3n) is 5.04. The summed E-state index contributed by atoms with van der Waals surface area (Å²) in [5, 5.41) is 3.57. The van der Waals surface area contributed by atoms with Crippen LogP contribution < -0.4 is 15.0 Å². The lowest BCUT2D eigenvalue weighted by molar-refractivity contribution is -0.128. The number of piperazine rings is 1. The summed E-state index contributed by atoms with van der Waals surface area (Å²) < 4.78 is 5.85. The van der Waals surface area contributed by atoms with Gasteiger partial charge in [-0.1, -0.05) is 18.5 Å². The molecule has 0 radical (unpaired) electrons. The van der Waals surface area contributed by atoms with Crippen molar-refractivity contribution in [2.75, 3.05) is 42.9 Å². The van der Waals surface area contributed by atoms with E-state index >= 15 is 0 Å². The summed E-state index contributed by atoms with van der Waals surface area (Å²) in [6, 6.07) is 15.0. The van der Waals surface area contributed by atoms with E-state index in [0.717, 1.165) is 38.4 Å². The molecule has 5 nitrogen and oxygen atoms in total. The fourth-order valence-electron chi connectivity index (χ4n) is 3.20. The van der Waals surface area contributed by atoms with Gasteiger partial charge < -0.3 is 19.9 Å². The van der Waals surface area contributed by atoms with Crippen LogP contribution in [0.5, 0.6) is 5.75 Å². The minimum absolute atomic E-state index is 0.202. The van der Waals surface area contributed by atoms with Crippen molar-refractivity contribution in [2.24, 2.45) is 0 Å². The zero-order valence-electron chi connectivity index (χ0n) is 16.7. The standard InChI is InChI=1S/C22H28ClN3O2/c1-4-25-13-15-26(16-14-25)19-9-7-18(8-10-19)24-21(27)22(2,3)28-20-11-5-17(23)6-12-20/h5-12H,4,13-16H2,1-3H3,(H,24,27). The number of carbonyl (C=O) groups excluding carboxylic acids is 1. The maximum absolute atomic E-state index is 12.7. The lowest BCUT2D eigenvalue weighted by Gasteiger charge is -2.35. The van der Waals surface area contributed by atoms with Crippen molar-refractivity contribution in [3.05, 3.63) is 53.6 Å². The van der Waals surface area contributed by atoms with Crippen molar-refractivity contribution in [2.45, 2.75) is 26.4 Å². The van der Waals surface area contributed by atoms with Crippen LogP contribution in [-0.4, -0.2) is 49.1 Å². The van der Waals surface area contributed by atoms with E-state index in [4.69, 9.17) is 16.3 Å². The van der Waals surface area contributed by atoms with Crippen LogP contribution in [0.1, 0.15) is 20.8 Å². The lowest BCUT2D eigenvalue weighted by atomic mass is 10.1. The smallest absolute Gasteiger partial charge is 0.267 e. The second-order valence-electron chi connectivity index (χ2n) is 7.49. The SMILES string of the molecule is CCN1CCN(c2ccc(NC(=O)C(C)(C)Oc3ccc(Cl)cc3)cc2)CC1. The van der Waals surface area contributed by atoms with Crippen LogP contribution in [0.25, 0.3) is 0 Å². The number of carbonyl (C=O) groups is 1. The van der Waals surface area contributed by atoms with Gasteiger partial charge in [-0.25, -0.2) is 0 Å². The second kappa shape index (κ2) is 8.84. The summed E-state index contributed by atoms with van der Waals surface area (Å²) in [7, 11) is 0. The second-order valence-corrected chi connectivity index (χ2v) is 7.93. The van der Waals surface area contributed by atoms with Crippen molar-refractivity contribution < 1.29 is 9.53 Å². The van der Waals surface area contributed by atoms with Crippen molar-refractivity contribution in [1.29, 1.82) is 0 Å². The van der Waals surface area contributed by atoms with E-state index in [2.05, 4.69) is 34.2 Å². The van der Waals surface area contributed by atoms with Gasteiger partial charge >= 0.3 is 0 Å². The molecule has 0 bridgehead atoms. The quantitative estimate of drug-likeness (QED) is 0.784. The Morgan fingerprint density at radius 3 is 2.21 bits per heavy atom. The predicted molar refractivity (Wildman–Crippen MR) is 116 cm³/mol. The Morgan fingerprint density at radius 1 is 1.04 bits per heavy atom. The molecular formula is C22H28ClN3O2. The molecule has 0 atom stereocenters. The van der Waals surface area contributed by atoms with E-state index in [1.54, 1.807) is 38.1 Å². The normalized spacial score (nSPS) is 15.4. The summed E-state index contributed by atoms with van der Waals surface area (Å²) in [5.41, 5.74) is 0.933. The highest BCUT2D eigenvalue weighted by molar-refractivity contribution is 6.30. The molecule has 3 rings (SSSR count). The number of nitrogens with one attached hydrogen (secondary N) is 1. The van der Waals surface area contributed by atoms with Crippen LogP contribution in [0, 0.1) is 0 Å². The number of halogens is 1. The van der Waals surface area contributed by atoms with Crippen molar-refractivity contribution in [3.63, 3.8) is 0 Å². The van der Waals surface area contributed by atoms with Crippen molar-refractivity contribution >= 4 is 28.9 Å². The van der Waals surface area contributed by atoms with Gasteiger partial charge in [0.2, 0.25) is 0 Å². The van der Waals surface area contributed by atoms with Gasteiger partial charge in [0, 0.05) is 42.6 Å². The zero-order chi connectivity index (χ0) is 20.1. The summed E-state index contributed by atoms with van der Waals surface area (Å²) in [6.07, 6.45) is 0. The van der Waals surface area contributed by atoms with E-state index in [0.29, 0.717) is 10.8 Å². The molecule has 1 amide bonds. The maximum atomic E-state index is 12.7. The first-order valence-corrected chi connectivity index (χ1v) is 10.1. The van der Waals surface area contributed by atoms with Crippen LogP contribution >= 0.6 is 11.6 Å². The molecule has 2 aromatic rings. The maximum Gasteiger partial charge on any atom is 0.267 e. The van der Waals surface area contributed by atoms with Crippen molar-refractivity contribution in [3.8, 4) is 5.75 Å². The fraction of sp³-hybridized carbons (Fsp3) is 0.409. The largest absolute Gasteiger partial charge is 0.478 e. The highest BCUT2D eigenvalue weighted by Crippen LogP contribution is 2.23. The van der Waals surface area contributed by atoms with Gasteiger partial charge in [0.1, 0.15) is 5.75 Å². The predicted octanol–water partition coefficient (Wildman–Crippen LogP) is 4.28. The third-order valence-corrected chi connectivity index (χ3v) is 5.30. The highest BCUT2D eigenvalue weighted by Gasteiger charge is 2.30. The van der Waals surface area contributed by atoms with Gasteiger partial charge in [-0.05, 0) is 68.9 Å². The van der Waals surface area contributed by atoms with Crippen LogP contribution in [0.2, 0.25) is 5.02 Å². The Bertz CT molecular complexity index is 782. The van der Waals surface area contributed by atoms with E-state index in [-0.39, 0.29) is 5.91 Å². The minimum Gasteiger partial charge on any atom is -0.478 e. The molecule has 0 saturated carbocycles. The average molecular weight is 402 g/mol. The van der Waals surface area contributed by atoms with E-state index in [1.807, 2.05) is 12.1 Å². The first-order chi connectivity index (χ1) is 13.4. The molecule has 1 heterocycles. The molecule has 6 heteroatoms. The third kappa shape index (κ3) is 5.18. The number of benzene rings is 2. The molecule has 1 saturated heterocycles. The molecular weight excluding hydrogens is 374 g/mol. The molecule has 1 N–H and O–H groups in total. The van der Waals surface area contributed by atoms with Gasteiger partial charge in [0.15, 0.2) is 5.60 Å². The minimum atomic E-state index is -1.01.